The van der Waals surface area contributed by atoms with E-state index in [1.165, 1.54) is 0 Å². The number of fused-ring (bicyclic) bond motifs is 9. The Bertz CT molecular complexity index is 1730. The van der Waals surface area contributed by atoms with Crippen LogP contribution in [0.5, 0.6) is 0 Å². The Labute approximate surface area is 250 Å². The molecule has 0 spiro atoms. The molecule has 0 radical (unpaired) electrons. The fraction of sp³-hybridized carbons (Fsp3) is 0.424. The van der Waals surface area contributed by atoms with Gasteiger partial charge in [-0.15, -0.1) is 0 Å². The lowest BCUT2D eigenvalue weighted by Gasteiger charge is -2.54. The van der Waals surface area contributed by atoms with Crippen molar-refractivity contribution in [1.29, 1.82) is 0 Å². The van der Waals surface area contributed by atoms with Crippen molar-refractivity contribution < 1.29 is 15.2 Å². The number of para-hydroxylation sites is 2. The van der Waals surface area contributed by atoms with Crippen molar-refractivity contribution in [2.24, 2.45) is 18.9 Å². The van der Waals surface area contributed by atoms with Crippen LogP contribution in [0, 0.1) is 17.0 Å². The van der Waals surface area contributed by atoms with E-state index in [0.717, 1.165) is 65.9 Å². The van der Waals surface area contributed by atoms with Crippen molar-refractivity contribution in [2.75, 3.05) is 18.0 Å². The molecule has 3 aliphatic heterocycles. The minimum Gasteiger partial charge on any atom is -0.595 e. The third kappa shape index (κ3) is 5.03. The number of anilines is 1. The normalized spacial score (nSPS) is 22.9. The molecule has 3 aliphatic rings. The van der Waals surface area contributed by atoms with Gasteiger partial charge in [-0.2, -0.15) is 5.23 Å². The summed E-state index contributed by atoms with van der Waals surface area (Å²) in [5.41, 5.74) is 5.39. The standard InChI is InChI=1S/C33H38N6O4/c1-36-29-9-5-4-8-26(29)35-30(36)11-3-2-6-15-34-33(41)25-18-21-17-24(39(42)43)13-14-28(21)38-19-22-16-23(32(25)38)20-37-27(22)10-7-12-31(37)40/h4-5,7-10,12-14,17,22-23,25,32,39,42H,2-3,6,11,15-16,18-20H2,1H3,(H,34,41). The zero-order valence-corrected chi connectivity index (χ0v) is 24.4. The third-order valence-electron chi connectivity index (χ3n) is 9.85. The minimum atomic E-state index is -0.964. The first-order valence-electron chi connectivity index (χ1n) is 15.4. The fourth-order valence-electron chi connectivity index (χ4n) is 7.83. The van der Waals surface area contributed by atoms with E-state index in [1.807, 2.05) is 41.0 Å². The SMILES string of the molecule is Cn1c(CCCCCNC(=O)C2Cc3cc([NH+]([O-])O)ccc3N3CC4CC(Cn5c4cccc5=O)C23)nc2ccccc21. The molecule has 2 aromatic heterocycles. The number of rotatable bonds is 8. The number of nitrogens with zero attached hydrogens (tertiary/aromatic N) is 4. The first-order valence-corrected chi connectivity index (χ1v) is 15.4. The number of hydrogen-bond donors (Lipinski definition) is 3. The van der Waals surface area contributed by atoms with Crippen molar-refractivity contribution in [1.82, 2.24) is 19.4 Å². The van der Waals surface area contributed by atoms with Crippen molar-refractivity contribution in [3.8, 4) is 0 Å². The van der Waals surface area contributed by atoms with E-state index < -0.39 is 5.23 Å². The second-order valence-electron chi connectivity index (χ2n) is 12.4. The molecule has 2 bridgehead atoms. The van der Waals surface area contributed by atoms with Crippen LogP contribution in [0.15, 0.2) is 65.5 Å². The summed E-state index contributed by atoms with van der Waals surface area (Å²) in [5.74, 6) is 1.12. The average molecular weight is 583 g/mol. The van der Waals surface area contributed by atoms with Gasteiger partial charge in [-0.1, -0.05) is 24.6 Å². The van der Waals surface area contributed by atoms with Crippen molar-refractivity contribution in [2.45, 2.75) is 57.0 Å². The molecule has 5 unspecified atom stereocenters. The van der Waals surface area contributed by atoms with Crippen LogP contribution in [-0.4, -0.2) is 44.4 Å². The summed E-state index contributed by atoms with van der Waals surface area (Å²) < 4.78 is 4.06. The molecule has 2 aromatic carbocycles. The number of nitrogens with one attached hydrogen (secondary N) is 2. The molecule has 5 atom stereocenters. The van der Waals surface area contributed by atoms with Gasteiger partial charge in [-0.05, 0) is 61.4 Å². The van der Waals surface area contributed by atoms with Gasteiger partial charge in [0.25, 0.3) is 5.56 Å². The molecule has 1 saturated heterocycles. The Morgan fingerprint density at radius 2 is 1.95 bits per heavy atom. The lowest BCUT2D eigenvalue weighted by molar-refractivity contribution is -0.991. The van der Waals surface area contributed by atoms with Gasteiger partial charge in [-0.25, -0.2) is 10.2 Å². The molecule has 0 saturated carbocycles. The summed E-state index contributed by atoms with van der Waals surface area (Å²) >= 11 is 0. The number of hydrogen-bond acceptors (Lipinski definition) is 6. The predicted octanol–water partition coefficient (Wildman–Crippen LogP) is 2.83. The number of unbranched alkanes of at least 4 members (excludes halogenated alkanes) is 2. The number of quaternary nitrogens is 1. The Morgan fingerprint density at radius 1 is 1.09 bits per heavy atom. The first-order chi connectivity index (χ1) is 20.9. The average Bonchev–Trinajstić information content (AvgIpc) is 3.33. The topological polar surface area (TPSA) is 120 Å². The molecule has 4 aromatic rings. The van der Waals surface area contributed by atoms with E-state index in [9.17, 15) is 20.0 Å². The summed E-state index contributed by atoms with van der Waals surface area (Å²) in [6.07, 6.45) is 5.19. The summed E-state index contributed by atoms with van der Waals surface area (Å²) in [6, 6.07) is 18.9. The van der Waals surface area contributed by atoms with E-state index in [2.05, 4.69) is 27.9 Å². The van der Waals surface area contributed by atoms with Crippen molar-refractivity contribution >= 4 is 28.3 Å². The van der Waals surface area contributed by atoms with Gasteiger partial charge >= 0.3 is 0 Å². The molecule has 1 fully saturated rings. The lowest BCUT2D eigenvalue weighted by atomic mass is 9.70. The molecule has 1 amide bonds. The second kappa shape index (κ2) is 11.3. The molecular weight excluding hydrogens is 544 g/mol. The maximum absolute atomic E-state index is 13.8. The van der Waals surface area contributed by atoms with Crippen LogP contribution in [0.4, 0.5) is 11.4 Å². The highest BCUT2D eigenvalue weighted by Crippen LogP contribution is 2.47. The molecular formula is C33H38N6O4. The monoisotopic (exact) mass is 582 g/mol. The van der Waals surface area contributed by atoms with E-state index in [0.29, 0.717) is 26.1 Å². The third-order valence-corrected chi connectivity index (χ3v) is 9.85. The van der Waals surface area contributed by atoms with Gasteiger partial charge in [0.2, 0.25) is 5.91 Å². The van der Waals surface area contributed by atoms with Gasteiger partial charge in [-0.3, -0.25) is 9.59 Å². The van der Waals surface area contributed by atoms with Gasteiger partial charge in [0.15, 0.2) is 5.69 Å². The van der Waals surface area contributed by atoms with Gasteiger partial charge in [0.05, 0.1) is 17.0 Å². The number of benzene rings is 2. The molecule has 0 aliphatic carbocycles. The van der Waals surface area contributed by atoms with Crippen LogP contribution in [0.25, 0.3) is 11.0 Å². The van der Waals surface area contributed by atoms with E-state index in [4.69, 9.17) is 4.98 Å². The van der Waals surface area contributed by atoms with E-state index in [1.54, 1.807) is 18.2 Å². The number of amides is 1. The lowest BCUT2D eigenvalue weighted by Crippen LogP contribution is -2.99. The predicted molar refractivity (Wildman–Crippen MR) is 163 cm³/mol. The number of carbonyl (C=O) groups is 1. The molecule has 10 nitrogen and oxygen atoms in total. The second-order valence-corrected chi connectivity index (χ2v) is 12.4. The van der Waals surface area contributed by atoms with E-state index in [-0.39, 0.29) is 40.9 Å². The zero-order valence-electron chi connectivity index (χ0n) is 24.4. The molecule has 7 rings (SSSR count). The van der Waals surface area contributed by atoms with Crippen LogP contribution < -0.4 is 21.0 Å². The molecule has 10 heteroatoms. The Kier molecular flexibility index (Phi) is 7.28. The van der Waals surface area contributed by atoms with Crippen LogP contribution in [0.3, 0.4) is 0 Å². The van der Waals surface area contributed by atoms with Crippen LogP contribution in [-0.2, 0) is 31.2 Å². The van der Waals surface area contributed by atoms with Gasteiger partial charge < -0.3 is 24.6 Å². The Morgan fingerprint density at radius 3 is 2.79 bits per heavy atom. The fourth-order valence-corrected chi connectivity index (χ4v) is 7.83. The quantitative estimate of drug-likeness (QED) is 0.217. The Balaban J connectivity index is 1.05. The van der Waals surface area contributed by atoms with Gasteiger partial charge in [0.1, 0.15) is 5.82 Å². The summed E-state index contributed by atoms with van der Waals surface area (Å²) in [4.78, 5) is 33.7. The van der Waals surface area contributed by atoms with Crippen molar-refractivity contribution in [3.63, 3.8) is 0 Å². The number of piperidine rings is 1. The maximum atomic E-state index is 13.8. The number of imidazole rings is 1. The molecule has 224 valence electrons. The number of aryl methyl sites for hydroxylation is 2. The highest BCUT2D eigenvalue weighted by atomic mass is 16.8. The smallest absolute Gasteiger partial charge is 0.250 e. The number of carbonyl (C=O) groups excluding carboxylic acids is 1. The highest BCUT2D eigenvalue weighted by Gasteiger charge is 2.49. The largest absolute Gasteiger partial charge is 0.595 e. The Hall–Kier alpha value is -3.99. The minimum absolute atomic E-state index is 0.0152. The number of aromatic nitrogens is 3. The van der Waals surface area contributed by atoms with Crippen LogP contribution in [0.1, 0.15) is 48.7 Å². The zero-order chi connectivity index (χ0) is 29.7. The van der Waals surface area contributed by atoms with Crippen molar-refractivity contribution in [3.05, 3.63) is 93.3 Å². The summed E-state index contributed by atoms with van der Waals surface area (Å²) in [6.45, 7) is 1.90. The maximum Gasteiger partial charge on any atom is 0.250 e. The summed E-state index contributed by atoms with van der Waals surface area (Å²) in [7, 11) is 2.06. The van der Waals surface area contributed by atoms with E-state index >= 15 is 0 Å². The molecule has 43 heavy (non-hydrogen) atoms. The first kappa shape index (κ1) is 27.8. The summed E-state index contributed by atoms with van der Waals surface area (Å²) in [5, 5.41) is 23.7. The van der Waals surface area contributed by atoms with Crippen LogP contribution >= 0.6 is 0 Å². The highest BCUT2D eigenvalue weighted by molar-refractivity contribution is 5.82. The van der Waals surface area contributed by atoms with Gasteiger partial charge in [0, 0.05) is 74.6 Å². The number of pyridine rings is 1. The van der Waals surface area contributed by atoms with Crippen LogP contribution in [0.2, 0.25) is 0 Å². The molecule has 3 N–H and O–H groups in total. The molecule has 5 heterocycles.